The van der Waals surface area contributed by atoms with E-state index in [1.807, 2.05) is 13.0 Å². The van der Waals surface area contributed by atoms with Gasteiger partial charge in [0.15, 0.2) is 11.5 Å². The largest absolute Gasteiger partial charge is 0.490 e. The van der Waals surface area contributed by atoms with Crippen LogP contribution in [0.5, 0.6) is 11.5 Å². The molecule has 0 bridgehead atoms. The lowest BCUT2D eigenvalue weighted by Gasteiger charge is -2.15. The molecule has 0 saturated heterocycles. The van der Waals surface area contributed by atoms with E-state index >= 15 is 0 Å². The van der Waals surface area contributed by atoms with Gasteiger partial charge in [-0.3, -0.25) is 4.79 Å². The van der Waals surface area contributed by atoms with Crippen LogP contribution in [0.2, 0.25) is 0 Å². The summed E-state index contributed by atoms with van der Waals surface area (Å²) in [5, 5.41) is 0. The Kier molecular flexibility index (Phi) is 6.32. The smallest absolute Gasteiger partial charge is 0.344 e. The van der Waals surface area contributed by atoms with E-state index in [0.717, 1.165) is 6.29 Å². The first kappa shape index (κ1) is 17.9. The Balaban J connectivity index is 2.46. The summed E-state index contributed by atoms with van der Waals surface area (Å²) in [6.07, 6.45) is 2.85. The predicted molar refractivity (Wildman–Crippen MR) is 96.0 cm³/mol. The van der Waals surface area contributed by atoms with E-state index in [1.54, 1.807) is 36.4 Å². The number of ether oxygens (including phenoxy) is 2. The molecular formula is C19H17BrO4. The summed E-state index contributed by atoms with van der Waals surface area (Å²) in [5.74, 6) is 0.162. The lowest BCUT2D eigenvalue weighted by atomic mass is 10.1. The topological polar surface area (TPSA) is 52.6 Å². The molecular weight excluding hydrogens is 372 g/mol. The van der Waals surface area contributed by atoms with Gasteiger partial charge in [-0.1, -0.05) is 18.2 Å². The highest BCUT2D eigenvalue weighted by Crippen LogP contribution is 2.34. The lowest BCUT2D eigenvalue weighted by molar-refractivity contribution is 0.0726. The number of halogens is 1. The lowest BCUT2D eigenvalue weighted by Crippen LogP contribution is -2.12. The molecule has 0 radical (unpaired) electrons. The van der Waals surface area contributed by atoms with E-state index in [4.69, 9.17) is 9.47 Å². The van der Waals surface area contributed by atoms with Gasteiger partial charge in [-0.2, -0.15) is 0 Å². The number of carbonyl (C=O) groups is 2. The van der Waals surface area contributed by atoms with Gasteiger partial charge in [-0.05, 0) is 53.5 Å². The Morgan fingerprint density at radius 2 is 2.04 bits per heavy atom. The number of aldehydes is 1. The van der Waals surface area contributed by atoms with Crippen molar-refractivity contribution in [3.05, 3.63) is 70.2 Å². The van der Waals surface area contributed by atoms with Crippen LogP contribution in [0.15, 0.2) is 53.5 Å². The molecule has 0 atom stereocenters. The van der Waals surface area contributed by atoms with E-state index < -0.39 is 5.97 Å². The van der Waals surface area contributed by atoms with E-state index in [-0.39, 0.29) is 0 Å². The molecule has 0 aliphatic carbocycles. The van der Waals surface area contributed by atoms with Crippen LogP contribution in [-0.2, 0) is 6.42 Å². The van der Waals surface area contributed by atoms with Crippen LogP contribution in [0.3, 0.4) is 0 Å². The van der Waals surface area contributed by atoms with Crippen LogP contribution < -0.4 is 9.47 Å². The monoisotopic (exact) mass is 388 g/mol. The molecule has 0 heterocycles. The molecule has 0 spiro atoms. The van der Waals surface area contributed by atoms with Crippen molar-refractivity contribution in [2.45, 2.75) is 13.3 Å². The van der Waals surface area contributed by atoms with Crippen LogP contribution in [0.25, 0.3) is 0 Å². The van der Waals surface area contributed by atoms with Crippen molar-refractivity contribution in [1.82, 2.24) is 0 Å². The van der Waals surface area contributed by atoms with Gasteiger partial charge in [0.2, 0.25) is 0 Å². The van der Waals surface area contributed by atoms with Crippen LogP contribution in [0, 0.1) is 0 Å². The molecule has 4 nitrogen and oxygen atoms in total. The maximum absolute atomic E-state index is 12.5. The van der Waals surface area contributed by atoms with Crippen LogP contribution >= 0.6 is 15.9 Å². The Hall–Kier alpha value is -2.40. The van der Waals surface area contributed by atoms with Crippen molar-refractivity contribution in [2.24, 2.45) is 0 Å². The third-order valence-corrected chi connectivity index (χ3v) is 3.93. The average molecular weight is 389 g/mol. The van der Waals surface area contributed by atoms with E-state index in [1.165, 1.54) is 0 Å². The van der Waals surface area contributed by atoms with Crippen molar-refractivity contribution >= 4 is 28.2 Å². The molecule has 0 unspecified atom stereocenters. The fraction of sp³-hybridized carbons (Fsp3) is 0.158. The second kappa shape index (κ2) is 8.45. The zero-order chi connectivity index (χ0) is 17.5. The molecule has 0 amide bonds. The van der Waals surface area contributed by atoms with Crippen molar-refractivity contribution < 1.29 is 19.1 Å². The number of carbonyl (C=O) groups excluding carboxylic acids is 2. The van der Waals surface area contributed by atoms with E-state index in [9.17, 15) is 9.59 Å². The highest BCUT2D eigenvalue weighted by atomic mass is 79.9. The first-order valence-electron chi connectivity index (χ1n) is 7.43. The molecule has 0 N–H and O–H groups in total. The fourth-order valence-corrected chi connectivity index (χ4v) is 2.66. The second-order valence-electron chi connectivity index (χ2n) is 4.92. The molecule has 0 aliphatic rings. The molecule has 5 heteroatoms. The third kappa shape index (κ3) is 4.11. The normalized spacial score (nSPS) is 10.1. The average Bonchev–Trinajstić information content (AvgIpc) is 2.58. The second-order valence-corrected chi connectivity index (χ2v) is 5.77. The maximum Gasteiger partial charge on any atom is 0.344 e. The number of esters is 1. The highest BCUT2D eigenvalue weighted by Gasteiger charge is 2.19. The van der Waals surface area contributed by atoms with Crippen molar-refractivity contribution in [2.75, 3.05) is 6.61 Å². The number of hydrogen-bond acceptors (Lipinski definition) is 4. The molecule has 124 valence electrons. The van der Waals surface area contributed by atoms with Crippen LogP contribution in [0.1, 0.15) is 33.2 Å². The van der Waals surface area contributed by atoms with Gasteiger partial charge in [0.05, 0.1) is 12.2 Å². The minimum Gasteiger partial charge on any atom is -0.490 e. The summed E-state index contributed by atoms with van der Waals surface area (Å²) in [4.78, 5) is 23.6. The summed E-state index contributed by atoms with van der Waals surface area (Å²) >= 11 is 3.34. The Bertz CT molecular complexity index is 768. The molecule has 24 heavy (non-hydrogen) atoms. The zero-order valence-electron chi connectivity index (χ0n) is 13.3. The van der Waals surface area contributed by atoms with Gasteiger partial charge in [0.1, 0.15) is 6.29 Å². The molecule has 0 aromatic heterocycles. The highest BCUT2D eigenvalue weighted by molar-refractivity contribution is 9.10. The number of rotatable bonds is 7. The quantitative estimate of drug-likeness (QED) is 0.300. The summed E-state index contributed by atoms with van der Waals surface area (Å²) in [6, 6.07) is 10.2. The Morgan fingerprint density at radius 1 is 1.29 bits per heavy atom. The summed E-state index contributed by atoms with van der Waals surface area (Å²) < 4.78 is 11.8. The zero-order valence-corrected chi connectivity index (χ0v) is 14.8. The minimum absolute atomic E-state index is 0.308. The number of benzene rings is 2. The van der Waals surface area contributed by atoms with E-state index in [0.29, 0.717) is 45.7 Å². The van der Waals surface area contributed by atoms with Gasteiger partial charge in [-0.25, -0.2) is 4.79 Å². The summed E-state index contributed by atoms with van der Waals surface area (Å²) in [7, 11) is 0. The first-order valence-corrected chi connectivity index (χ1v) is 8.22. The minimum atomic E-state index is -0.507. The fourth-order valence-electron chi connectivity index (χ4n) is 2.21. The van der Waals surface area contributed by atoms with Gasteiger partial charge in [0, 0.05) is 15.6 Å². The SMILES string of the molecule is C=CCc1cc(C=O)cc(OCC)c1OC(=O)c1ccccc1Br. The summed E-state index contributed by atoms with van der Waals surface area (Å²) in [5.41, 5.74) is 1.53. The van der Waals surface area contributed by atoms with Crippen molar-refractivity contribution in [3.63, 3.8) is 0 Å². The molecule has 2 rings (SSSR count). The predicted octanol–water partition coefficient (Wildman–Crippen LogP) is 4.61. The third-order valence-electron chi connectivity index (χ3n) is 3.24. The van der Waals surface area contributed by atoms with Crippen LogP contribution in [0.4, 0.5) is 0 Å². The molecule has 2 aromatic rings. The molecule has 2 aromatic carbocycles. The van der Waals surface area contributed by atoms with Gasteiger partial charge in [0.25, 0.3) is 0 Å². The van der Waals surface area contributed by atoms with Gasteiger partial charge < -0.3 is 9.47 Å². The van der Waals surface area contributed by atoms with Gasteiger partial charge in [-0.15, -0.1) is 6.58 Å². The van der Waals surface area contributed by atoms with E-state index in [2.05, 4.69) is 22.5 Å². The van der Waals surface area contributed by atoms with Gasteiger partial charge >= 0.3 is 5.97 Å². The standard InChI is InChI=1S/C19H17BrO4/c1-3-7-14-10-13(12-21)11-17(23-4-2)18(14)24-19(22)15-8-5-6-9-16(15)20/h3,5-6,8-12H,1,4,7H2,2H3. The molecule has 0 fully saturated rings. The summed E-state index contributed by atoms with van der Waals surface area (Å²) in [6.45, 7) is 5.91. The van der Waals surface area contributed by atoms with Crippen LogP contribution in [-0.4, -0.2) is 18.9 Å². The van der Waals surface area contributed by atoms with Crippen molar-refractivity contribution in [3.8, 4) is 11.5 Å². The molecule has 0 aliphatic heterocycles. The maximum atomic E-state index is 12.5. The molecule has 0 saturated carbocycles. The number of hydrogen-bond donors (Lipinski definition) is 0. The number of allylic oxidation sites excluding steroid dienone is 1. The first-order chi connectivity index (χ1) is 11.6. The Morgan fingerprint density at radius 3 is 2.67 bits per heavy atom. The van der Waals surface area contributed by atoms with Crippen molar-refractivity contribution in [1.29, 1.82) is 0 Å². The Labute approximate surface area is 149 Å².